The zero-order chi connectivity index (χ0) is 33.5. The summed E-state index contributed by atoms with van der Waals surface area (Å²) in [7, 11) is 0. The number of hydrogen-bond donors (Lipinski definition) is 0. The van der Waals surface area contributed by atoms with Gasteiger partial charge in [-0.05, 0) is 65.7 Å². The number of para-hydroxylation sites is 3. The summed E-state index contributed by atoms with van der Waals surface area (Å²) >= 11 is 0. The highest BCUT2D eigenvalue weighted by atomic mass is 16.3. The van der Waals surface area contributed by atoms with E-state index >= 15 is 0 Å². The molecule has 11 aromatic rings. The first-order chi connectivity index (χ1) is 25.2. The van der Waals surface area contributed by atoms with Crippen molar-refractivity contribution in [1.29, 1.82) is 0 Å². The smallest absolute Gasteiger partial charge is 0.167 e. The molecule has 0 aliphatic rings. The highest BCUT2D eigenvalue weighted by Gasteiger charge is 2.19. The third kappa shape index (κ3) is 4.40. The molecule has 0 saturated carbocycles. The van der Waals surface area contributed by atoms with Crippen molar-refractivity contribution in [3.8, 4) is 45.3 Å². The molecule has 0 fully saturated rings. The Hall–Kier alpha value is -7.05. The van der Waals surface area contributed by atoms with E-state index in [1.54, 1.807) is 0 Å². The fourth-order valence-corrected chi connectivity index (χ4v) is 7.27. The molecule has 0 aliphatic heterocycles. The Morgan fingerprint density at radius 1 is 0.294 bits per heavy atom. The van der Waals surface area contributed by atoms with Crippen LogP contribution in [-0.2, 0) is 0 Å². The molecule has 238 valence electrons. The molecule has 0 N–H and O–H groups in total. The zero-order valence-electron chi connectivity index (χ0n) is 27.0. The summed E-state index contributed by atoms with van der Waals surface area (Å²) in [6.45, 7) is 0. The summed E-state index contributed by atoms with van der Waals surface area (Å²) in [6.07, 6.45) is 0. The minimum Gasteiger partial charge on any atom is -0.456 e. The summed E-state index contributed by atoms with van der Waals surface area (Å²) in [5.41, 5.74) is 9.62. The average Bonchev–Trinajstić information content (AvgIpc) is 3.88. The number of aromatic nitrogens is 3. The molecule has 0 saturated heterocycles. The van der Waals surface area contributed by atoms with E-state index in [1.165, 1.54) is 0 Å². The third-order valence-corrected chi connectivity index (χ3v) is 9.75. The summed E-state index contributed by atoms with van der Waals surface area (Å²) in [4.78, 5) is 15.0. The molecule has 4 aromatic heterocycles. The maximum atomic E-state index is 6.43. The predicted molar refractivity (Wildman–Crippen MR) is 203 cm³/mol. The summed E-state index contributed by atoms with van der Waals surface area (Å²) in [5, 5.41) is 6.37. The van der Waals surface area contributed by atoms with E-state index in [0.717, 1.165) is 93.6 Å². The summed E-state index contributed by atoms with van der Waals surface area (Å²) in [6, 6.07) is 51.2. The van der Waals surface area contributed by atoms with Gasteiger partial charge in [0.2, 0.25) is 0 Å². The van der Waals surface area contributed by atoms with Crippen LogP contribution in [0, 0.1) is 0 Å². The van der Waals surface area contributed by atoms with Crippen molar-refractivity contribution in [2.75, 3.05) is 0 Å². The van der Waals surface area contributed by atoms with Gasteiger partial charge < -0.3 is 13.3 Å². The van der Waals surface area contributed by atoms with Gasteiger partial charge in [-0.3, -0.25) is 0 Å². The second kappa shape index (κ2) is 10.7. The van der Waals surface area contributed by atoms with Gasteiger partial charge in [0.15, 0.2) is 17.5 Å². The van der Waals surface area contributed by atoms with Crippen molar-refractivity contribution in [2.45, 2.75) is 0 Å². The monoisotopic (exact) mass is 655 g/mol. The number of hydrogen-bond acceptors (Lipinski definition) is 6. The number of benzene rings is 7. The van der Waals surface area contributed by atoms with Gasteiger partial charge in [0, 0.05) is 43.4 Å². The van der Waals surface area contributed by atoms with Crippen LogP contribution in [0.3, 0.4) is 0 Å². The highest BCUT2D eigenvalue weighted by Crippen LogP contribution is 2.38. The molecule has 0 aliphatic carbocycles. The van der Waals surface area contributed by atoms with Gasteiger partial charge in [-0.1, -0.05) is 97.1 Å². The van der Waals surface area contributed by atoms with E-state index < -0.39 is 0 Å². The van der Waals surface area contributed by atoms with Crippen molar-refractivity contribution in [3.05, 3.63) is 152 Å². The van der Waals surface area contributed by atoms with E-state index in [9.17, 15) is 0 Å². The van der Waals surface area contributed by atoms with Gasteiger partial charge in [0.25, 0.3) is 0 Å². The number of fused-ring (bicyclic) bond motifs is 9. The van der Waals surface area contributed by atoms with E-state index in [0.29, 0.717) is 17.5 Å². The molecular formula is C45H25N3O3. The van der Waals surface area contributed by atoms with Crippen LogP contribution in [0.5, 0.6) is 0 Å². The second-order valence-corrected chi connectivity index (χ2v) is 12.8. The molecule has 0 atom stereocenters. The first-order valence-corrected chi connectivity index (χ1v) is 16.8. The number of nitrogens with zero attached hydrogens (tertiary/aromatic N) is 3. The zero-order valence-corrected chi connectivity index (χ0v) is 27.0. The van der Waals surface area contributed by atoms with Crippen LogP contribution in [0.1, 0.15) is 0 Å². The van der Waals surface area contributed by atoms with Crippen molar-refractivity contribution >= 4 is 65.8 Å². The number of rotatable bonds is 4. The normalized spacial score (nSPS) is 11.9. The Kier molecular flexibility index (Phi) is 5.86. The minimum absolute atomic E-state index is 0.541. The molecule has 4 heterocycles. The molecular weight excluding hydrogens is 631 g/mol. The van der Waals surface area contributed by atoms with Crippen LogP contribution >= 0.6 is 0 Å². The van der Waals surface area contributed by atoms with E-state index in [-0.39, 0.29) is 0 Å². The minimum atomic E-state index is 0.541. The van der Waals surface area contributed by atoms with Gasteiger partial charge in [0.05, 0.1) is 5.56 Å². The van der Waals surface area contributed by atoms with Gasteiger partial charge in [-0.2, -0.15) is 0 Å². The lowest BCUT2D eigenvalue weighted by atomic mass is 10.0. The first-order valence-electron chi connectivity index (χ1n) is 16.8. The molecule has 0 radical (unpaired) electrons. The van der Waals surface area contributed by atoms with Gasteiger partial charge in [-0.15, -0.1) is 0 Å². The largest absolute Gasteiger partial charge is 0.456 e. The van der Waals surface area contributed by atoms with Gasteiger partial charge in [0.1, 0.15) is 33.5 Å². The molecule has 11 rings (SSSR count). The molecule has 51 heavy (non-hydrogen) atoms. The maximum absolute atomic E-state index is 6.43. The summed E-state index contributed by atoms with van der Waals surface area (Å²) < 4.78 is 19.0. The molecule has 7 aromatic carbocycles. The SMILES string of the molecule is c1ccc(-c2nc(-c3ccc4c(c3)oc3ccc(-c5ccc6c(c5)oc5ccccc56)cc34)nc(-c3cccc4c3oc3ccccc34)n2)cc1. The topological polar surface area (TPSA) is 78.1 Å². The Bertz CT molecular complexity index is 3150. The first kappa shape index (κ1) is 27.9. The highest BCUT2D eigenvalue weighted by molar-refractivity contribution is 6.10. The molecule has 6 nitrogen and oxygen atoms in total. The lowest BCUT2D eigenvalue weighted by Gasteiger charge is -2.09. The fraction of sp³-hybridized carbons (Fsp3) is 0. The Labute approximate surface area is 290 Å². The van der Waals surface area contributed by atoms with Gasteiger partial charge >= 0.3 is 0 Å². The van der Waals surface area contributed by atoms with Crippen LogP contribution in [0.2, 0.25) is 0 Å². The van der Waals surface area contributed by atoms with E-state index in [1.807, 2.05) is 91.0 Å². The van der Waals surface area contributed by atoms with Crippen molar-refractivity contribution in [2.24, 2.45) is 0 Å². The number of furan rings is 3. The van der Waals surface area contributed by atoms with Crippen molar-refractivity contribution in [3.63, 3.8) is 0 Å². The van der Waals surface area contributed by atoms with Crippen LogP contribution in [0.4, 0.5) is 0 Å². The maximum Gasteiger partial charge on any atom is 0.167 e. The fourth-order valence-electron chi connectivity index (χ4n) is 7.27. The standard InChI is InChI=1S/C45H25N3O3/c1-2-9-26(10-3-1)43-46-44(48-45(47-43)35-14-8-13-34-31-12-5-7-16-38(31)51-42(34)35)29-18-21-33-36-23-27(19-22-39(36)50-41(33)25-29)28-17-20-32-30-11-4-6-15-37(30)49-40(32)24-28/h1-25H. The van der Waals surface area contributed by atoms with Crippen LogP contribution in [-0.4, -0.2) is 15.0 Å². The van der Waals surface area contributed by atoms with Crippen molar-refractivity contribution < 1.29 is 13.3 Å². The van der Waals surface area contributed by atoms with E-state index in [2.05, 4.69) is 60.7 Å². The quantitative estimate of drug-likeness (QED) is 0.188. The molecule has 0 unspecified atom stereocenters. The molecule has 0 amide bonds. The molecule has 6 heteroatoms. The lowest BCUT2D eigenvalue weighted by molar-refractivity contribution is 0.668. The second-order valence-electron chi connectivity index (χ2n) is 12.8. The lowest BCUT2D eigenvalue weighted by Crippen LogP contribution is -2.00. The Morgan fingerprint density at radius 2 is 0.824 bits per heavy atom. The third-order valence-electron chi connectivity index (χ3n) is 9.75. The van der Waals surface area contributed by atoms with Crippen LogP contribution in [0.25, 0.3) is 111 Å². The van der Waals surface area contributed by atoms with Gasteiger partial charge in [-0.25, -0.2) is 15.0 Å². The average molecular weight is 656 g/mol. The molecule has 0 bridgehead atoms. The Morgan fingerprint density at radius 3 is 1.63 bits per heavy atom. The predicted octanol–water partition coefficient (Wildman–Crippen LogP) is 12.2. The molecule has 0 spiro atoms. The Balaban J connectivity index is 1.04. The van der Waals surface area contributed by atoms with Crippen LogP contribution < -0.4 is 0 Å². The summed E-state index contributed by atoms with van der Waals surface area (Å²) in [5.74, 6) is 1.67. The van der Waals surface area contributed by atoms with Crippen molar-refractivity contribution in [1.82, 2.24) is 15.0 Å². The van der Waals surface area contributed by atoms with E-state index in [4.69, 9.17) is 28.2 Å². The van der Waals surface area contributed by atoms with Crippen LogP contribution in [0.15, 0.2) is 165 Å².